The van der Waals surface area contributed by atoms with Crippen molar-refractivity contribution in [3.63, 3.8) is 0 Å². The van der Waals surface area contributed by atoms with Crippen LogP contribution in [0.25, 0.3) is 22.6 Å². The van der Waals surface area contributed by atoms with Crippen LogP contribution in [0.1, 0.15) is 38.4 Å². The standard InChI is InChI=1S/C22H19F3N6O5/c1-12(36-20(34)35-11-21(2,3)19(32)33)31-29-15(10-26)17(30-31)13-4-6-14(7-5-13)18-27-9-8-16(28-18)22(23,24)25/h4-9,12H,11H2,1-3H3,(H,32,33). The predicted octanol–water partition coefficient (Wildman–Crippen LogP) is 4.08. The summed E-state index contributed by atoms with van der Waals surface area (Å²) in [6, 6.07) is 8.57. The Kier molecular flexibility index (Phi) is 7.23. The second-order valence-corrected chi connectivity index (χ2v) is 8.11. The van der Waals surface area contributed by atoms with Gasteiger partial charge in [0.15, 0.2) is 11.5 Å². The summed E-state index contributed by atoms with van der Waals surface area (Å²) in [6.45, 7) is 3.72. The van der Waals surface area contributed by atoms with Gasteiger partial charge in [0, 0.05) is 17.3 Å². The highest BCUT2D eigenvalue weighted by atomic mass is 19.4. The molecule has 3 rings (SSSR count). The minimum atomic E-state index is -4.62. The zero-order valence-electron chi connectivity index (χ0n) is 19.1. The summed E-state index contributed by atoms with van der Waals surface area (Å²) in [6.07, 6.45) is -5.87. The number of carbonyl (C=O) groups excluding carboxylic acids is 1. The van der Waals surface area contributed by atoms with Crippen LogP contribution in [0.15, 0.2) is 36.5 Å². The van der Waals surface area contributed by atoms with Gasteiger partial charge in [-0.25, -0.2) is 14.8 Å². The van der Waals surface area contributed by atoms with E-state index >= 15 is 0 Å². The molecule has 2 aromatic heterocycles. The molecule has 11 nitrogen and oxygen atoms in total. The number of benzene rings is 1. The van der Waals surface area contributed by atoms with Crippen molar-refractivity contribution in [1.29, 1.82) is 5.26 Å². The summed E-state index contributed by atoms with van der Waals surface area (Å²) in [5.74, 6) is -1.29. The third-order valence-corrected chi connectivity index (χ3v) is 4.82. The van der Waals surface area contributed by atoms with Crippen molar-refractivity contribution in [2.24, 2.45) is 5.41 Å². The van der Waals surface area contributed by atoms with Gasteiger partial charge in [0.2, 0.25) is 6.23 Å². The molecule has 0 saturated heterocycles. The highest BCUT2D eigenvalue weighted by Gasteiger charge is 2.33. The molecule has 36 heavy (non-hydrogen) atoms. The van der Waals surface area contributed by atoms with Crippen molar-refractivity contribution < 1.29 is 37.3 Å². The van der Waals surface area contributed by atoms with E-state index in [1.807, 2.05) is 6.07 Å². The number of carboxylic acid groups (broad SMARTS) is 1. The van der Waals surface area contributed by atoms with Crippen molar-refractivity contribution in [3.05, 3.63) is 47.9 Å². The summed E-state index contributed by atoms with van der Waals surface area (Å²) in [4.78, 5) is 31.4. The van der Waals surface area contributed by atoms with Gasteiger partial charge in [-0.15, -0.1) is 15.0 Å². The van der Waals surface area contributed by atoms with Crippen LogP contribution in [-0.2, 0) is 20.4 Å². The van der Waals surface area contributed by atoms with Gasteiger partial charge in [-0.3, -0.25) is 4.79 Å². The Balaban J connectivity index is 1.76. The molecule has 1 unspecified atom stereocenters. The van der Waals surface area contributed by atoms with Crippen LogP contribution in [0.4, 0.5) is 18.0 Å². The molecule has 0 bridgehead atoms. The van der Waals surface area contributed by atoms with Gasteiger partial charge in [-0.05, 0) is 26.8 Å². The first-order valence-electron chi connectivity index (χ1n) is 10.3. The highest BCUT2D eigenvalue weighted by molar-refractivity contribution is 5.74. The monoisotopic (exact) mass is 504 g/mol. The molecule has 1 N–H and O–H groups in total. The molecule has 0 saturated carbocycles. The fourth-order valence-electron chi connectivity index (χ4n) is 2.71. The average molecular weight is 504 g/mol. The van der Waals surface area contributed by atoms with Crippen LogP contribution in [0.2, 0.25) is 0 Å². The Hall–Kier alpha value is -4.54. The fourth-order valence-corrected chi connectivity index (χ4v) is 2.71. The van der Waals surface area contributed by atoms with Crippen molar-refractivity contribution in [2.75, 3.05) is 6.61 Å². The van der Waals surface area contributed by atoms with Crippen LogP contribution in [0, 0.1) is 16.7 Å². The number of hydrogen-bond acceptors (Lipinski definition) is 9. The molecule has 14 heteroatoms. The van der Waals surface area contributed by atoms with Gasteiger partial charge >= 0.3 is 18.3 Å². The minimum absolute atomic E-state index is 0.103. The molecule has 1 aromatic carbocycles. The largest absolute Gasteiger partial charge is 0.510 e. The predicted molar refractivity (Wildman–Crippen MR) is 115 cm³/mol. The lowest BCUT2D eigenvalue weighted by Gasteiger charge is -2.19. The normalized spacial score (nSPS) is 12.5. The number of halogens is 3. The molecule has 188 valence electrons. The topological polar surface area (TPSA) is 153 Å². The smallest absolute Gasteiger partial charge is 0.481 e. The van der Waals surface area contributed by atoms with E-state index in [-0.39, 0.29) is 17.2 Å². The molecule has 0 aliphatic rings. The van der Waals surface area contributed by atoms with E-state index in [2.05, 4.69) is 20.2 Å². The average Bonchev–Trinajstić information content (AvgIpc) is 3.27. The molecule has 0 aliphatic carbocycles. The molecule has 0 aliphatic heterocycles. The van der Waals surface area contributed by atoms with E-state index in [0.29, 0.717) is 11.1 Å². The highest BCUT2D eigenvalue weighted by Crippen LogP contribution is 2.29. The molecule has 0 amide bonds. The SMILES string of the molecule is CC(OC(=O)OCC(C)(C)C(=O)O)n1nc(C#N)c(-c2ccc(-c3nccc(C(F)(F)F)n3)cc2)n1. The van der Waals surface area contributed by atoms with Crippen molar-refractivity contribution in [3.8, 4) is 28.7 Å². The lowest BCUT2D eigenvalue weighted by molar-refractivity contribution is -0.149. The van der Waals surface area contributed by atoms with E-state index < -0.39 is 42.2 Å². The summed E-state index contributed by atoms with van der Waals surface area (Å²) < 4.78 is 48.7. The fraction of sp³-hybridized carbons (Fsp3) is 0.318. The van der Waals surface area contributed by atoms with E-state index in [0.717, 1.165) is 17.1 Å². The van der Waals surface area contributed by atoms with E-state index in [9.17, 15) is 28.0 Å². The third-order valence-electron chi connectivity index (χ3n) is 4.82. The van der Waals surface area contributed by atoms with Gasteiger partial charge < -0.3 is 14.6 Å². The Bertz CT molecular complexity index is 1310. The third kappa shape index (κ3) is 5.93. The lowest BCUT2D eigenvalue weighted by Crippen LogP contribution is -2.31. The molecule has 0 spiro atoms. The zero-order valence-corrected chi connectivity index (χ0v) is 19.1. The summed E-state index contributed by atoms with van der Waals surface area (Å²) in [5, 5.41) is 26.7. The van der Waals surface area contributed by atoms with E-state index in [4.69, 9.17) is 14.6 Å². The maximum absolute atomic E-state index is 12.9. The first-order chi connectivity index (χ1) is 16.8. The first kappa shape index (κ1) is 26.1. The summed E-state index contributed by atoms with van der Waals surface area (Å²) >= 11 is 0. The number of hydrogen-bond donors (Lipinski definition) is 1. The Morgan fingerprint density at radius 1 is 1.14 bits per heavy atom. The number of aromatic nitrogens is 5. The molecule has 1 atom stereocenters. The van der Waals surface area contributed by atoms with Crippen molar-refractivity contribution >= 4 is 12.1 Å². The second-order valence-electron chi connectivity index (χ2n) is 8.11. The number of carboxylic acids is 1. The molecule has 0 radical (unpaired) electrons. The first-order valence-corrected chi connectivity index (χ1v) is 10.3. The number of carbonyl (C=O) groups is 2. The van der Waals surface area contributed by atoms with Crippen molar-refractivity contribution in [1.82, 2.24) is 25.0 Å². The number of alkyl halides is 3. The number of nitrogens with zero attached hydrogens (tertiary/aromatic N) is 6. The Labute approximate surface area is 202 Å². The lowest BCUT2D eigenvalue weighted by atomic mass is 9.95. The second kappa shape index (κ2) is 9.98. The van der Waals surface area contributed by atoms with Gasteiger partial charge in [0.1, 0.15) is 24.1 Å². The molecular formula is C22H19F3N6O5. The van der Waals surface area contributed by atoms with Gasteiger partial charge in [0.05, 0.1) is 5.41 Å². The quantitative estimate of drug-likeness (QED) is 0.466. The van der Waals surface area contributed by atoms with Gasteiger partial charge in [-0.2, -0.15) is 18.4 Å². The summed E-state index contributed by atoms with van der Waals surface area (Å²) in [5.41, 5.74) is -1.66. The Morgan fingerprint density at radius 3 is 2.36 bits per heavy atom. The molecular weight excluding hydrogens is 485 g/mol. The number of ether oxygens (including phenoxy) is 2. The van der Waals surface area contributed by atoms with Crippen molar-refractivity contribution in [2.45, 2.75) is 33.2 Å². The zero-order chi connectivity index (χ0) is 26.7. The number of rotatable bonds is 7. The Morgan fingerprint density at radius 2 is 1.78 bits per heavy atom. The van der Waals surface area contributed by atoms with E-state index in [1.54, 1.807) is 0 Å². The number of nitriles is 1. The van der Waals surface area contributed by atoms with Crippen LogP contribution in [0.3, 0.4) is 0 Å². The van der Waals surface area contributed by atoms with Crippen LogP contribution < -0.4 is 0 Å². The number of aliphatic carboxylic acids is 1. The van der Waals surface area contributed by atoms with E-state index in [1.165, 1.54) is 45.0 Å². The van der Waals surface area contributed by atoms with Crippen LogP contribution >= 0.6 is 0 Å². The molecule has 2 heterocycles. The minimum Gasteiger partial charge on any atom is -0.481 e. The maximum atomic E-state index is 12.9. The van der Waals surface area contributed by atoms with Crippen LogP contribution in [-0.4, -0.2) is 48.8 Å². The molecule has 3 aromatic rings. The van der Waals surface area contributed by atoms with Gasteiger partial charge in [-0.1, -0.05) is 24.3 Å². The maximum Gasteiger partial charge on any atom is 0.510 e. The molecule has 0 fully saturated rings. The van der Waals surface area contributed by atoms with Gasteiger partial charge in [0.25, 0.3) is 0 Å². The van der Waals surface area contributed by atoms with Crippen LogP contribution in [0.5, 0.6) is 0 Å². The summed E-state index contributed by atoms with van der Waals surface area (Å²) in [7, 11) is 0.